The summed E-state index contributed by atoms with van der Waals surface area (Å²) in [5, 5.41) is 3.81. The van der Waals surface area contributed by atoms with Gasteiger partial charge >= 0.3 is 5.97 Å². The fraction of sp³-hybridized carbons (Fsp3) is 0.231. The molecular weight excluding hydrogens is 234 g/mol. The third-order valence-corrected chi connectivity index (χ3v) is 2.41. The smallest absolute Gasteiger partial charge is 0.343 e. The maximum absolute atomic E-state index is 11.5. The lowest BCUT2D eigenvalue weighted by atomic mass is 10.1. The van der Waals surface area contributed by atoms with Crippen LogP contribution in [0, 0.1) is 0 Å². The Bertz CT molecular complexity index is 530. The number of esters is 1. The summed E-state index contributed by atoms with van der Waals surface area (Å²) < 4.78 is 14.8. The average Bonchev–Trinajstić information content (AvgIpc) is 2.88. The standard InChI is InChI=1S/C13H13NO4/c1-3-17-10-6-4-9(5-7-10)12-11(8-18-14-12)13(15)16-2/h4-8H,3H2,1-2H3. The molecule has 18 heavy (non-hydrogen) atoms. The quantitative estimate of drug-likeness (QED) is 0.777. The number of hydrogen-bond donors (Lipinski definition) is 0. The average molecular weight is 247 g/mol. The fourth-order valence-electron chi connectivity index (χ4n) is 1.58. The van der Waals surface area contributed by atoms with Crippen molar-refractivity contribution in [3.63, 3.8) is 0 Å². The van der Waals surface area contributed by atoms with Crippen LogP contribution in [0.15, 0.2) is 35.1 Å². The van der Waals surface area contributed by atoms with Gasteiger partial charge in [-0.2, -0.15) is 0 Å². The van der Waals surface area contributed by atoms with Gasteiger partial charge in [-0.3, -0.25) is 0 Å². The largest absolute Gasteiger partial charge is 0.494 e. The van der Waals surface area contributed by atoms with Crippen LogP contribution in [0.1, 0.15) is 17.3 Å². The van der Waals surface area contributed by atoms with Crippen LogP contribution in [-0.2, 0) is 4.74 Å². The third kappa shape index (κ3) is 2.34. The molecule has 0 saturated heterocycles. The van der Waals surface area contributed by atoms with Crippen LogP contribution in [0.25, 0.3) is 11.3 Å². The summed E-state index contributed by atoms with van der Waals surface area (Å²) in [7, 11) is 1.32. The molecule has 0 aliphatic carbocycles. The predicted octanol–water partition coefficient (Wildman–Crippen LogP) is 2.53. The molecule has 1 heterocycles. The van der Waals surface area contributed by atoms with Crippen molar-refractivity contribution >= 4 is 5.97 Å². The SMILES string of the molecule is CCOc1ccc(-c2nocc2C(=O)OC)cc1. The molecule has 5 nitrogen and oxygen atoms in total. The highest BCUT2D eigenvalue weighted by molar-refractivity contribution is 5.95. The van der Waals surface area contributed by atoms with Gasteiger partial charge in [-0.25, -0.2) is 4.79 Å². The summed E-state index contributed by atoms with van der Waals surface area (Å²) >= 11 is 0. The minimum Gasteiger partial charge on any atom is -0.494 e. The maximum atomic E-state index is 11.5. The van der Waals surface area contributed by atoms with E-state index in [1.54, 1.807) is 0 Å². The number of ether oxygens (including phenoxy) is 2. The van der Waals surface area contributed by atoms with E-state index in [2.05, 4.69) is 9.89 Å². The first-order valence-electron chi connectivity index (χ1n) is 5.52. The lowest BCUT2D eigenvalue weighted by Crippen LogP contribution is -2.01. The number of benzene rings is 1. The molecule has 0 N–H and O–H groups in total. The first kappa shape index (κ1) is 12.2. The lowest BCUT2D eigenvalue weighted by molar-refractivity contribution is 0.0600. The van der Waals surface area contributed by atoms with Crippen molar-refractivity contribution < 1.29 is 18.8 Å². The number of rotatable bonds is 4. The summed E-state index contributed by atoms with van der Waals surface area (Å²) in [4.78, 5) is 11.5. The summed E-state index contributed by atoms with van der Waals surface area (Å²) in [6.45, 7) is 2.53. The molecule has 0 spiro atoms. The summed E-state index contributed by atoms with van der Waals surface area (Å²) in [5.74, 6) is 0.296. The first-order valence-corrected chi connectivity index (χ1v) is 5.52. The van der Waals surface area contributed by atoms with Gasteiger partial charge in [0.1, 0.15) is 23.3 Å². The van der Waals surface area contributed by atoms with E-state index in [4.69, 9.17) is 9.26 Å². The molecule has 0 aliphatic rings. The van der Waals surface area contributed by atoms with Crippen molar-refractivity contribution in [2.45, 2.75) is 6.92 Å². The van der Waals surface area contributed by atoms with E-state index >= 15 is 0 Å². The van der Waals surface area contributed by atoms with Crippen molar-refractivity contribution in [1.29, 1.82) is 0 Å². The Balaban J connectivity index is 2.31. The molecule has 0 unspecified atom stereocenters. The van der Waals surface area contributed by atoms with Gasteiger partial charge in [0.2, 0.25) is 0 Å². The van der Waals surface area contributed by atoms with Crippen LogP contribution in [0.3, 0.4) is 0 Å². The Kier molecular flexibility index (Phi) is 3.62. The van der Waals surface area contributed by atoms with Gasteiger partial charge in [0.25, 0.3) is 0 Å². The van der Waals surface area contributed by atoms with Crippen LogP contribution < -0.4 is 4.74 Å². The second kappa shape index (κ2) is 5.35. The van der Waals surface area contributed by atoms with E-state index < -0.39 is 5.97 Å². The number of nitrogens with zero attached hydrogens (tertiary/aromatic N) is 1. The summed E-state index contributed by atoms with van der Waals surface area (Å²) in [6.07, 6.45) is 1.28. The van der Waals surface area contributed by atoms with Crippen molar-refractivity contribution in [3.05, 3.63) is 36.1 Å². The Morgan fingerprint density at radius 1 is 1.33 bits per heavy atom. The van der Waals surface area contributed by atoms with E-state index in [1.807, 2.05) is 31.2 Å². The molecule has 0 aliphatic heterocycles. The highest BCUT2D eigenvalue weighted by Crippen LogP contribution is 2.24. The molecule has 0 radical (unpaired) electrons. The highest BCUT2D eigenvalue weighted by atomic mass is 16.5. The minimum atomic E-state index is -0.472. The predicted molar refractivity (Wildman–Crippen MR) is 64.4 cm³/mol. The van der Waals surface area contributed by atoms with Crippen LogP contribution in [0.4, 0.5) is 0 Å². The Labute approximate surface area is 104 Å². The molecule has 0 saturated carbocycles. The van der Waals surface area contributed by atoms with Crippen molar-refractivity contribution in [2.75, 3.05) is 13.7 Å². The van der Waals surface area contributed by atoms with Gasteiger partial charge in [0.05, 0.1) is 13.7 Å². The highest BCUT2D eigenvalue weighted by Gasteiger charge is 2.17. The minimum absolute atomic E-state index is 0.307. The Morgan fingerprint density at radius 2 is 2.06 bits per heavy atom. The molecule has 1 aromatic heterocycles. The zero-order chi connectivity index (χ0) is 13.0. The molecular formula is C13H13NO4. The normalized spacial score (nSPS) is 10.1. The fourth-order valence-corrected chi connectivity index (χ4v) is 1.58. The maximum Gasteiger partial charge on any atom is 0.343 e. The number of aromatic nitrogens is 1. The van der Waals surface area contributed by atoms with Crippen LogP contribution >= 0.6 is 0 Å². The number of carbonyl (C=O) groups excluding carboxylic acids is 1. The van der Waals surface area contributed by atoms with Gasteiger partial charge in [-0.1, -0.05) is 5.16 Å². The zero-order valence-corrected chi connectivity index (χ0v) is 10.2. The van der Waals surface area contributed by atoms with Gasteiger partial charge in [0.15, 0.2) is 0 Å². The van der Waals surface area contributed by atoms with E-state index in [1.165, 1.54) is 13.4 Å². The van der Waals surface area contributed by atoms with Crippen LogP contribution in [0.2, 0.25) is 0 Å². The van der Waals surface area contributed by atoms with Gasteiger partial charge < -0.3 is 14.0 Å². The molecule has 1 aromatic carbocycles. The topological polar surface area (TPSA) is 61.6 Å². The molecule has 2 aromatic rings. The van der Waals surface area contributed by atoms with E-state index in [0.29, 0.717) is 17.9 Å². The number of methoxy groups -OCH3 is 1. The second-order valence-corrected chi connectivity index (χ2v) is 3.53. The third-order valence-electron chi connectivity index (χ3n) is 2.41. The van der Waals surface area contributed by atoms with Crippen LogP contribution in [-0.4, -0.2) is 24.8 Å². The zero-order valence-electron chi connectivity index (χ0n) is 10.2. The van der Waals surface area contributed by atoms with E-state index in [-0.39, 0.29) is 0 Å². The van der Waals surface area contributed by atoms with Crippen molar-refractivity contribution in [2.24, 2.45) is 0 Å². The van der Waals surface area contributed by atoms with E-state index in [0.717, 1.165) is 11.3 Å². The molecule has 0 atom stereocenters. The Morgan fingerprint density at radius 3 is 2.67 bits per heavy atom. The molecule has 94 valence electrons. The molecule has 2 rings (SSSR count). The lowest BCUT2D eigenvalue weighted by Gasteiger charge is -2.04. The molecule has 0 bridgehead atoms. The second-order valence-electron chi connectivity index (χ2n) is 3.53. The molecule has 0 amide bonds. The molecule has 5 heteroatoms. The molecule has 0 fully saturated rings. The van der Waals surface area contributed by atoms with Crippen molar-refractivity contribution in [3.8, 4) is 17.0 Å². The van der Waals surface area contributed by atoms with Crippen LogP contribution in [0.5, 0.6) is 5.75 Å². The van der Waals surface area contributed by atoms with Crippen molar-refractivity contribution in [1.82, 2.24) is 5.16 Å². The Hall–Kier alpha value is -2.30. The van der Waals surface area contributed by atoms with Gasteiger partial charge in [0, 0.05) is 5.56 Å². The monoisotopic (exact) mass is 247 g/mol. The summed E-state index contributed by atoms with van der Waals surface area (Å²) in [5.41, 5.74) is 1.54. The summed E-state index contributed by atoms with van der Waals surface area (Å²) in [6, 6.07) is 7.26. The first-order chi connectivity index (χ1) is 8.76. The van der Waals surface area contributed by atoms with Gasteiger partial charge in [-0.15, -0.1) is 0 Å². The number of carbonyl (C=O) groups is 1. The van der Waals surface area contributed by atoms with Gasteiger partial charge in [-0.05, 0) is 31.2 Å². The number of hydrogen-bond acceptors (Lipinski definition) is 5. The van der Waals surface area contributed by atoms with E-state index in [9.17, 15) is 4.79 Å².